The summed E-state index contributed by atoms with van der Waals surface area (Å²) in [5, 5.41) is 4.28. The van der Waals surface area contributed by atoms with Crippen LogP contribution in [0.3, 0.4) is 0 Å². The maximum atomic E-state index is 12.8. The van der Waals surface area contributed by atoms with Crippen molar-refractivity contribution in [2.24, 2.45) is 5.92 Å². The summed E-state index contributed by atoms with van der Waals surface area (Å²) < 4.78 is 0. The van der Waals surface area contributed by atoms with Gasteiger partial charge in [0.15, 0.2) is 0 Å². The van der Waals surface area contributed by atoms with Crippen molar-refractivity contribution in [2.45, 2.75) is 31.7 Å². The smallest absolute Gasteiger partial charge is 0.226 e. The van der Waals surface area contributed by atoms with Crippen LogP contribution in [0.2, 0.25) is 0 Å². The van der Waals surface area contributed by atoms with Gasteiger partial charge in [-0.05, 0) is 47.7 Å². The number of carbonyl (C=O) groups excluding carboxylic acids is 1. The number of amides is 1. The van der Waals surface area contributed by atoms with Gasteiger partial charge in [-0.15, -0.1) is 22.7 Å². The zero-order chi connectivity index (χ0) is 13.5. The van der Waals surface area contributed by atoms with E-state index in [1.54, 1.807) is 11.3 Å². The SMILES string of the molecule is O=C(C1CCC1)N1CCc2sccc2[C@H]1c1cccs1. The minimum absolute atomic E-state index is 0.165. The van der Waals surface area contributed by atoms with Gasteiger partial charge < -0.3 is 4.90 Å². The van der Waals surface area contributed by atoms with E-state index >= 15 is 0 Å². The molecule has 0 aromatic carbocycles. The Hall–Kier alpha value is -1.13. The van der Waals surface area contributed by atoms with Gasteiger partial charge >= 0.3 is 0 Å². The average molecular weight is 303 g/mol. The third-order valence-electron chi connectivity index (χ3n) is 4.52. The number of nitrogens with zero attached hydrogens (tertiary/aromatic N) is 1. The highest BCUT2D eigenvalue weighted by atomic mass is 32.1. The summed E-state index contributed by atoms with van der Waals surface area (Å²) in [6.07, 6.45) is 4.41. The molecule has 104 valence electrons. The van der Waals surface area contributed by atoms with Crippen LogP contribution in [0.1, 0.15) is 40.6 Å². The molecule has 3 heterocycles. The van der Waals surface area contributed by atoms with E-state index in [9.17, 15) is 4.79 Å². The Morgan fingerprint density at radius 3 is 2.80 bits per heavy atom. The van der Waals surface area contributed by atoms with Crippen LogP contribution >= 0.6 is 22.7 Å². The lowest BCUT2D eigenvalue weighted by molar-refractivity contribution is -0.140. The summed E-state index contributed by atoms with van der Waals surface area (Å²) in [5.74, 6) is 0.671. The molecule has 2 nitrogen and oxygen atoms in total. The maximum Gasteiger partial charge on any atom is 0.226 e. The van der Waals surface area contributed by atoms with E-state index in [2.05, 4.69) is 33.9 Å². The summed E-state index contributed by atoms with van der Waals surface area (Å²) in [4.78, 5) is 17.7. The second-order valence-corrected chi connectivity index (χ2v) is 7.61. The predicted molar refractivity (Wildman–Crippen MR) is 83.2 cm³/mol. The lowest BCUT2D eigenvalue weighted by Crippen LogP contribution is -2.44. The molecule has 0 N–H and O–H groups in total. The first-order valence-corrected chi connectivity index (χ1v) is 9.00. The maximum absolute atomic E-state index is 12.8. The van der Waals surface area contributed by atoms with E-state index in [0.717, 1.165) is 25.8 Å². The standard InChI is InChI=1S/C16H17NOS2/c18-16(11-3-1-4-11)17-8-6-13-12(7-10-20-13)15(17)14-5-2-9-19-14/h2,5,7,9-11,15H,1,3-4,6,8H2/t15-/m0/s1. The molecule has 4 heteroatoms. The Morgan fingerprint density at radius 1 is 1.20 bits per heavy atom. The van der Waals surface area contributed by atoms with Crippen molar-refractivity contribution in [1.29, 1.82) is 0 Å². The van der Waals surface area contributed by atoms with Crippen molar-refractivity contribution in [3.05, 3.63) is 44.3 Å². The molecule has 20 heavy (non-hydrogen) atoms. The number of carbonyl (C=O) groups is 1. The van der Waals surface area contributed by atoms with Gasteiger partial charge in [0.1, 0.15) is 0 Å². The lowest BCUT2D eigenvalue weighted by atomic mass is 9.83. The fraction of sp³-hybridized carbons (Fsp3) is 0.438. The fourth-order valence-corrected chi connectivity index (χ4v) is 4.96. The van der Waals surface area contributed by atoms with Gasteiger partial charge in [0.05, 0.1) is 6.04 Å². The molecule has 1 aliphatic carbocycles. The van der Waals surface area contributed by atoms with E-state index in [1.165, 1.54) is 21.7 Å². The Kier molecular flexibility index (Phi) is 3.15. The normalized spacial score (nSPS) is 22.4. The van der Waals surface area contributed by atoms with Crippen molar-refractivity contribution in [3.63, 3.8) is 0 Å². The van der Waals surface area contributed by atoms with Crippen molar-refractivity contribution in [2.75, 3.05) is 6.54 Å². The lowest BCUT2D eigenvalue weighted by Gasteiger charge is -2.39. The highest BCUT2D eigenvalue weighted by molar-refractivity contribution is 7.10. The van der Waals surface area contributed by atoms with Gasteiger partial charge in [-0.1, -0.05) is 12.5 Å². The van der Waals surface area contributed by atoms with E-state index < -0.39 is 0 Å². The molecule has 2 aromatic rings. The number of hydrogen-bond donors (Lipinski definition) is 0. The first-order valence-electron chi connectivity index (χ1n) is 7.25. The first-order chi connectivity index (χ1) is 9.84. The Morgan fingerprint density at radius 2 is 2.10 bits per heavy atom. The zero-order valence-electron chi connectivity index (χ0n) is 11.2. The van der Waals surface area contributed by atoms with Crippen LogP contribution in [0.5, 0.6) is 0 Å². The largest absolute Gasteiger partial charge is 0.330 e. The molecule has 2 aromatic heterocycles. The Labute approximate surface area is 127 Å². The van der Waals surface area contributed by atoms with Crippen molar-refractivity contribution < 1.29 is 4.79 Å². The van der Waals surface area contributed by atoms with Gasteiger partial charge in [0.2, 0.25) is 5.91 Å². The molecule has 0 spiro atoms. The summed E-state index contributed by atoms with van der Waals surface area (Å²) in [7, 11) is 0. The van der Waals surface area contributed by atoms with Crippen LogP contribution < -0.4 is 0 Å². The van der Waals surface area contributed by atoms with E-state index in [4.69, 9.17) is 0 Å². The zero-order valence-corrected chi connectivity index (χ0v) is 12.9. The second kappa shape index (κ2) is 5.01. The minimum Gasteiger partial charge on any atom is -0.330 e. The number of thiophene rings is 2. The van der Waals surface area contributed by atoms with Gasteiger partial charge in [0.25, 0.3) is 0 Å². The first kappa shape index (κ1) is 12.6. The van der Waals surface area contributed by atoms with E-state index in [0.29, 0.717) is 5.91 Å². The third-order valence-corrected chi connectivity index (χ3v) is 6.44. The quantitative estimate of drug-likeness (QED) is 0.818. The number of fused-ring (bicyclic) bond motifs is 1. The van der Waals surface area contributed by atoms with Gasteiger partial charge in [-0.3, -0.25) is 4.79 Å². The second-order valence-electron chi connectivity index (χ2n) is 5.63. The molecule has 0 radical (unpaired) electrons. The average Bonchev–Trinajstić information content (AvgIpc) is 3.06. The molecule has 4 rings (SSSR count). The molecule has 1 atom stereocenters. The van der Waals surface area contributed by atoms with Gasteiger partial charge in [-0.25, -0.2) is 0 Å². The molecule has 1 amide bonds. The van der Waals surface area contributed by atoms with Crippen LogP contribution in [0, 0.1) is 5.92 Å². The predicted octanol–water partition coefficient (Wildman–Crippen LogP) is 4.08. The minimum atomic E-state index is 0.165. The summed E-state index contributed by atoms with van der Waals surface area (Å²) in [6, 6.07) is 6.64. The van der Waals surface area contributed by atoms with Gasteiger partial charge in [0, 0.05) is 22.2 Å². The van der Waals surface area contributed by atoms with Crippen LogP contribution in [0.4, 0.5) is 0 Å². The molecule has 1 aliphatic heterocycles. The van der Waals surface area contributed by atoms with Crippen LogP contribution in [-0.4, -0.2) is 17.4 Å². The van der Waals surface area contributed by atoms with Crippen LogP contribution in [0.25, 0.3) is 0 Å². The third kappa shape index (κ3) is 1.93. The molecule has 1 fully saturated rings. The van der Waals surface area contributed by atoms with Crippen LogP contribution in [0.15, 0.2) is 29.0 Å². The number of rotatable bonds is 2. The molecule has 0 unspecified atom stereocenters. The molecule has 1 saturated carbocycles. The molecule has 0 bridgehead atoms. The van der Waals surface area contributed by atoms with Crippen molar-refractivity contribution >= 4 is 28.6 Å². The van der Waals surface area contributed by atoms with Crippen LogP contribution in [-0.2, 0) is 11.2 Å². The van der Waals surface area contributed by atoms with E-state index in [-0.39, 0.29) is 12.0 Å². The van der Waals surface area contributed by atoms with E-state index in [1.807, 2.05) is 11.3 Å². The van der Waals surface area contributed by atoms with Crippen molar-refractivity contribution in [1.82, 2.24) is 4.90 Å². The highest BCUT2D eigenvalue weighted by Crippen LogP contribution is 2.41. The Bertz CT molecular complexity index is 612. The molecule has 2 aliphatic rings. The number of hydrogen-bond acceptors (Lipinski definition) is 3. The summed E-state index contributed by atoms with van der Waals surface area (Å²) in [6.45, 7) is 0.880. The topological polar surface area (TPSA) is 20.3 Å². The molecule has 0 saturated heterocycles. The summed E-state index contributed by atoms with van der Waals surface area (Å²) in [5.41, 5.74) is 1.36. The summed E-state index contributed by atoms with van der Waals surface area (Å²) >= 11 is 3.60. The highest BCUT2D eigenvalue weighted by Gasteiger charge is 2.37. The fourth-order valence-electron chi connectivity index (χ4n) is 3.20. The molecular weight excluding hydrogens is 286 g/mol. The van der Waals surface area contributed by atoms with Gasteiger partial charge in [-0.2, -0.15) is 0 Å². The monoisotopic (exact) mass is 303 g/mol. The molecular formula is C16H17NOS2. The van der Waals surface area contributed by atoms with Crippen molar-refractivity contribution in [3.8, 4) is 0 Å². The Balaban J connectivity index is 1.73.